The molecule has 23 heavy (non-hydrogen) atoms. The monoisotopic (exact) mass is 309 g/mol. The van der Waals surface area contributed by atoms with Crippen molar-refractivity contribution in [3.8, 4) is 0 Å². The Morgan fingerprint density at radius 1 is 1.00 bits per heavy atom. The zero-order chi connectivity index (χ0) is 16.1. The summed E-state index contributed by atoms with van der Waals surface area (Å²) < 4.78 is 0. The van der Waals surface area contributed by atoms with Gasteiger partial charge in [0.1, 0.15) is 5.82 Å². The molecule has 2 heterocycles. The maximum Gasteiger partial charge on any atom is 0.128 e. The Hall–Kier alpha value is -2.56. The first-order chi connectivity index (χ1) is 11.2. The van der Waals surface area contributed by atoms with Gasteiger partial charge in [-0.3, -0.25) is 5.01 Å². The van der Waals surface area contributed by atoms with Crippen LogP contribution in [0, 0.1) is 0 Å². The molecule has 2 aromatic rings. The van der Waals surface area contributed by atoms with Gasteiger partial charge in [0.2, 0.25) is 0 Å². The number of benzene rings is 1. The quantitative estimate of drug-likeness (QED) is 0.812. The van der Waals surface area contributed by atoms with E-state index in [1.165, 1.54) is 5.69 Å². The highest BCUT2D eigenvalue weighted by Crippen LogP contribution is 2.13. The summed E-state index contributed by atoms with van der Waals surface area (Å²) in [5.41, 5.74) is 2.33. The number of hydrazone groups is 1. The van der Waals surface area contributed by atoms with E-state index in [9.17, 15) is 0 Å². The summed E-state index contributed by atoms with van der Waals surface area (Å²) in [5, 5.41) is 6.73. The van der Waals surface area contributed by atoms with Crippen LogP contribution in [-0.2, 0) is 0 Å². The normalized spacial score (nSPS) is 15.2. The molecule has 0 amide bonds. The highest BCUT2D eigenvalue weighted by atomic mass is 15.5. The summed E-state index contributed by atoms with van der Waals surface area (Å²) in [6, 6.07) is 14.5. The third-order valence-corrected chi connectivity index (χ3v) is 4.01. The lowest BCUT2D eigenvalue weighted by atomic mass is 10.2. The van der Waals surface area contributed by atoms with Gasteiger partial charge in [0.05, 0.1) is 19.3 Å². The lowest BCUT2D eigenvalue weighted by molar-refractivity contribution is 0.271. The van der Waals surface area contributed by atoms with Crippen LogP contribution in [0.5, 0.6) is 0 Å². The van der Waals surface area contributed by atoms with E-state index in [1.54, 1.807) is 0 Å². The van der Waals surface area contributed by atoms with Crippen LogP contribution < -0.4 is 9.80 Å². The summed E-state index contributed by atoms with van der Waals surface area (Å²) in [7, 11) is 4.09. The van der Waals surface area contributed by atoms with Crippen molar-refractivity contribution in [3.63, 3.8) is 0 Å². The SMILES string of the molecule is CN(C)c1ccc(/C=N\N2CCN(c3ccccn3)CC2)cc1. The summed E-state index contributed by atoms with van der Waals surface area (Å²) >= 11 is 0. The van der Waals surface area contributed by atoms with E-state index >= 15 is 0 Å². The Balaban J connectivity index is 1.54. The first kappa shape index (κ1) is 15.3. The van der Waals surface area contributed by atoms with Crippen molar-refractivity contribution in [3.05, 3.63) is 54.2 Å². The molecule has 0 spiro atoms. The van der Waals surface area contributed by atoms with Crippen LogP contribution in [0.3, 0.4) is 0 Å². The second-order valence-electron chi connectivity index (χ2n) is 5.86. The zero-order valence-corrected chi connectivity index (χ0v) is 13.8. The molecule has 0 unspecified atom stereocenters. The van der Waals surface area contributed by atoms with Crippen LogP contribution in [0.15, 0.2) is 53.8 Å². The standard InChI is InChI=1S/C18H23N5/c1-21(2)17-8-6-16(7-9-17)15-20-23-13-11-22(12-14-23)18-5-3-4-10-19-18/h3-10,15H,11-14H2,1-2H3/b20-15-. The van der Waals surface area contributed by atoms with E-state index < -0.39 is 0 Å². The van der Waals surface area contributed by atoms with Crippen molar-refractivity contribution in [2.45, 2.75) is 0 Å². The van der Waals surface area contributed by atoms with E-state index in [1.807, 2.05) is 38.6 Å². The lowest BCUT2D eigenvalue weighted by Crippen LogP contribution is -2.44. The summed E-state index contributed by atoms with van der Waals surface area (Å²) in [5.74, 6) is 1.05. The number of anilines is 2. The molecule has 1 aliphatic rings. The fourth-order valence-corrected chi connectivity index (χ4v) is 2.59. The number of hydrogen-bond acceptors (Lipinski definition) is 5. The molecule has 0 radical (unpaired) electrons. The summed E-state index contributed by atoms with van der Waals surface area (Å²) in [6.45, 7) is 3.74. The number of piperazine rings is 1. The lowest BCUT2D eigenvalue weighted by Gasteiger charge is -2.33. The molecule has 1 aliphatic heterocycles. The molecular formula is C18H23N5. The van der Waals surface area contributed by atoms with Gasteiger partial charge in [-0.15, -0.1) is 0 Å². The van der Waals surface area contributed by atoms with Crippen LogP contribution in [0.4, 0.5) is 11.5 Å². The Labute approximate surface area is 137 Å². The van der Waals surface area contributed by atoms with Gasteiger partial charge in [-0.2, -0.15) is 5.10 Å². The van der Waals surface area contributed by atoms with E-state index in [0.29, 0.717) is 0 Å². The Bertz CT molecular complexity index is 628. The maximum atomic E-state index is 4.60. The molecule has 0 bridgehead atoms. The second kappa shape index (κ2) is 7.13. The second-order valence-corrected chi connectivity index (χ2v) is 5.86. The number of nitrogens with zero attached hydrogens (tertiary/aromatic N) is 5. The van der Waals surface area contributed by atoms with Crippen molar-refractivity contribution in [2.75, 3.05) is 50.1 Å². The Morgan fingerprint density at radius 3 is 2.35 bits per heavy atom. The fraction of sp³-hybridized carbons (Fsp3) is 0.333. The van der Waals surface area contributed by atoms with Crippen LogP contribution >= 0.6 is 0 Å². The highest BCUT2D eigenvalue weighted by molar-refractivity contribution is 5.80. The topological polar surface area (TPSA) is 35.0 Å². The van der Waals surface area contributed by atoms with Crippen LogP contribution in [0.1, 0.15) is 5.56 Å². The van der Waals surface area contributed by atoms with Gasteiger partial charge in [-0.25, -0.2) is 4.98 Å². The number of rotatable bonds is 4. The Morgan fingerprint density at radius 2 is 1.74 bits per heavy atom. The van der Waals surface area contributed by atoms with Crippen molar-refractivity contribution < 1.29 is 0 Å². The third-order valence-electron chi connectivity index (χ3n) is 4.01. The van der Waals surface area contributed by atoms with Gasteiger partial charge >= 0.3 is 0 Å². The molecule has 1 fully saturated rings. The van der Waals surface area contributed by atoms with Gasteiger partial charge in [0.25, 0.3) is 0 Å². The van der Waals surface area contributed by atoms with Crippen LogP contribution in [-0.4, -0.2) is 56.5 Å². The van der Waals surface area contributed by atoms with Gasteiger partial charge in [0, 0.05) is 39.1 Å². The predicted molar refractivity (Wildman–Crippen MR) is 96.4 cm³/mol. The largest absolute Gasteiger partial charge is 0.378 e. The number of hydrogen-bond donors (Lipinski definition) is 0. The van der Waals surface area contributed by atoms with Crippen LogP contribution in [0.25, 0.3) is 0 Å². The molecule has 1 aromatic carbocycles. The molecule has 1 aromatic heterocycles. The molecule has 0 atom stereocenters. The van der Waals surface area contributed by atoms with E-state index in [-0.39, 0.29) is 0 Å². The highest BCUT2D eigenvalue weighted by Gasteiger charge is 2.15. The van der Waals surface area contributed by atoms with Crippen molar-refractivity contribution in [2.24, 2.45) is 5.10 Å². The van der Waals surface area contributed by atoms with Gasteiger partial charge in [0.15, 0.2) is 0 Å². The summed E-state index contributed by atoms with van der Waals surface area (Å²) in [4.78, 5) is 8.81. The molecule has 0 aliphatic carbocycles. The van der Waals surface area contributed by atoms with E-state index in [2.05, 4.69) is 55.2 Å². The minimum Gasteiger partial charge on any atom is -0.378 e. The summed E-state index contributed by atoms with van der Waals surface area (Å²) in [6.07, 6.45) is 3.78. The molecule has 0 saturated carbocycles. The third kappa shape index (κ3) is 4.00. The maximum absolute atomic E-state index is 4.60. The first-order valence-electron chi connectivity index (χ1n) is 7.95. The van der Waals surface area contributed by atoms with E-state index in [4.69, 9.17) is 0 Å². The van der Waals surface area contributed by atoms with Crippen molar-refractivity contribution >= 4 is 17.7 Å². The van der Waals surface area contributed by atoms with Crippen molar-refractivity contribution in [1.82, 2.24) is 9.99 Å². The molecule has 3 rings (SSSR count). The first-order valence-corrected chi connectivity index (χ1v) is 7.95. The minimum atomic E-state index is 0.919. The zero-order valence-electron chi connectivity index (χ0n) is 13.8. The number of pyridine rings is 1. The van der Waals surface area contributed by atoms with Crippen LogP contribution in [0.2, 0.25) is 0 Å². The Kier molecular flexibility index (Phi) is 4.76. The van der Waals surface area contributed by atoms with Crippen molar-refractivity contribution in [1.29, 1.82) is 0 Å². The molecule has 1 saturated heterocycles. The molecular weight excluding hydrogens is 286 g/mol. The number of aromatic nitrogens is 1. The van der Waals surface area contributed by atoms with Gasteiger partial charge in [-0.1, -0.05) is 18.2 Å². The average Bonchev–Trinajstić information content (AvgIpc) is 2.61. The fourth-order valence-electron chi connectivity index (χ4n) is 2.59. The molecule has 5 heteroatoms. The van der Waals surface area contributed by atoms with Gasteiger partial charge in [-0.05, 0) is 29.8 Å². The minimum absolute atomic E-state index is 0.919. The van der Waals surface area contributed by atoms with Gasteiger partial charge < -0.3 is 9.80 Å². The molecule has 5 nitrogen and oxygen atoms in total. The smallest absolute Gasteiger partial charge is 0.128 e. The molecule has 120 valence electrons. The molecule has 0 N–H and O–H groups in total. The average molecular weight is 309 g/mol. The predicted octanol–water partition coefficient (Wildman–Crippen LogP) is 2.30. The van der Waals surface area contributed by atoms with E-state index in [0.717, 1.165) is 37.6 Å².